The average molecular weight is 350 g/mol. The molecule has 1 aliphatic carbocycles. The van der Waals surface area contributed by atoms with Crippen molar-refractivity contribution in [1.82, 2.24) is 0 Å². The molecule has 1 aromatic carbocycles. The molecule has 1 aromatic rings. The van der Waals surface area contributed by atoms with E-state index < -0.39 is 10.0 Å². The molecule has 3 N–H and O–H groups in total. The normalized spacial score (nSPS) is 18.4. The molecule has 0 radical (unpaired) electrons. The van der Waals surface area contributed by atoms with Crippen LogP contribution >= 0.6 is 0 Å². The summed E-state index contributed by atoms with van der Waals surface area (Å²) in [4.78, 5) is 16.3. The number of Topliss-reactive ketones (excluding diaryl/α,β-unsaturated/α-hetero) is 1. The number of aliphatic hydroxyl groups is 1. The summed E-state index contributed by atoms with van der Waals surface area (Å²) in [6.07, 6.45) is 2.89. The molecule has 0 fully saturated rings. The van der Waals surface area contributed by atoms with Gasteiger partial charge < -0.3 is 5.11 Å². The molecular weight excluding hydrogens is 328 g/mol. The van der Waals surface area contributed by atoms with E-state index in [-0.39, 0.29) is 21.9 Å². The van der Waals surface area contributed by atoms with Gasteiger partial charge >= 0.3 is 0 Å². The van der Waals surface area contributed by atoms with Crippen molar-refractivity contribution in [2.24, 2.45) is 15.5 Å². The van der Waals surface area contributed by atoms with E-state index >= 15 is 0 Å². The first-order valence-electron chi connectivity index (χ1n) is 7.65. The number of nitrogens with two attached hydrogens (primary N) is 1. The first-order valence-corrected chi connectivity index (χ1v) is 9.20. The third-order valence-electron chi connectivity index (χ3n) is 3.90. The molecule has 0 saturated carbocycles. The molecule has 0 spiro atoms. The van der Waals surface area contributed by atoms with Crippen LogP contribution in [0.5, 0.6) is 0 Å². The minimum Gasteiger partial charge on any atom is -0.511 e. The molecule has 0 aromatic heterocycles. The highest BCUT2D eigenvalue weighted by atomic mass is 32.2. The van der Waals surface area contributed by atoms with Crippen LogP contribution in [-0.4, -0.2) is 32.1 Å². The van der Waals surface area contributed by atoms with Gasteiger partial charge in [-0.05, 0) is 29.5 Å². The monoisotopic (exact) mass is 350 g/mol. The molecule has 0 heterocycles. The molecule has 0 unspecified atom stereocenters. The Labute approximate surface area is 142 Å². The Hall–Kier alpha value is -1.99. The van der Waals surface area contributed by atoms with Gasteiger partial charge in [0.2, 0.25) is 10.0 Å². The number of rotatable bonds is 5. The Morgan fingerprint density at radius 2 is 1.88 bits per heavy atom. The van der Waals surface area contributed by atoms with Crippen LogP contribution in [0.1, 0.15) is 32.3 Å². The zero-order chi connectivity index (χ0) is 18.0. The Morgan fingerprint density at radius 1 is 1.25 bits per heavy atom. The van der Waals surface area contributed by atoms with E-state index in [0.29, 0.717) is 31.4 Å². The number of allylic oxidation sites excluding steroid dienone is 2. The molecule has 130 valence electrons. The summed E-state index contributed by atoms with van der Waals surface area (Å²) in [6, 6.07) is 6.27. The lowest BCUT2D eigenvalue weighted by atomic mass is 9.77. The Bertz CT molecular complexity index is 790. The Kier molecular flexibility index (Phi) is 5.25. The fraction of sp³-hybridized carbons (Fsp3) is 0.412. The topological polar surface area (TPSA) is 110 Å². The summed E-state index contributed by atoms with van der Waals surface area (Å²) in [7, 11) is -3.68. The van der Waals surface area contributed by atoms with E-state index in [2.05, 4.69) is 4.99 Å². The molecule has 0 bridgehead atoms. The van der Waals surface area contributed by atoms with Crippen LogP contribution in [0.4, 0.5) is 0 Å². The number of primary sulfonamides is 1. The van der Waals surface area contributed by atoms with Gasteiger partial charge in [0.05, 0.1) is 10.5 Å². The molecule has 0 atom stereocenters. The van der Waals surface area contributed by atoms with Crippen molar-refractivity contribution >= 4 is 22.0 Å². The van der Waals surface area contributed by atoms with E-state index in [4.69, 9.17) is 5.14 Å². The molecular formula is C17H22N2O4S. The van der Waals surface area contributed by atoms with Crippen LogP contribution in [-0.2, 0) is 21.2 Å². The molecule has 0 saturated heterocycles. The number of ketones is 1. The third-order valence-corrected chi connectivity index (χ3v) is 4.83. The van der Waals surface area contributed by atoms with Crippen molar-refractivity contribution in [3.63, 3.8) is 0 Å². The number of aliphatic imine (C=N–C) groups is 1. The lowest BCUT2D eigenvalue weighted by Gasteiger charge is -2.28. The van der Waals surface area contributed by atoms with E-state index in [0.717, 1.165) is 5.56 Å². The van der Waals surface area contributed by atoms with E-state index in [1.54, 1.807) is 12.1 Å². The molecule has 7 heteroatoms. The fourth-order valence-electron chi connectivity index (χ4n) is 2.64. The maximum atomic E-state index is 12.0. The summed E-state index contributed by atoms with van der Waals surface area (Å²) in [5.74, 6) is 0.00232. The largest absolute Gasteiger partial charge is 0.511 e. The summed E-state index contributed by atoms with van der Waals surface area (Å²) in [6.45, 7) is 4.32. The van der Waals surface area contributed by atoms with Gasteiger partial charge in [-0.25, -0.2) is 13.6 Å². The lowest BCUT2D eigenvalue weighted by Crippen LogP contribution is -2.26. The first kappa shape index (κ1) is 18.4. The van der Waals surface area contributed by atoms with Gasteiger partial charge in [-0.2, -0.15) is 0 Å². The number of carbonyl (C=O) groups is 1. The van der Waals surface area contributed by atoms with Crippen LogP contribution in [0.3, 0.4) is 0 Å². The maximum absolute atomic E-state index is 12.0. The Morgan fingerprint density at radius 3 is 2.42 bits per heavy atom. The Balaban J connectivity index is 1.97. The third kappa shape index (κ3) is 4.75. The maximum Gasteiger partial charge on any atom is 0.238 e. The molecule has 24 heavy (non-hydrogen) atoms. The number of carbonyl (C=O) groups excluding carboxylic acids is 1. The molecule has 6 nitrogen and oxygen atoms in total. The predicted octanol–water partition coefficient (Wildman–Crippen LogP) is 2.15. The van der Waals surface area contributed by atoms with Crippen LogP contribution in [0.15, 0.2) is 45.5 Å². The van der Waals surface area contributed by atoms with Crippen LogP contribution in [0.2, 0.25) is 0 Å². The van der Waals surface area contributed by atoms with Gasteiger partial charge in [-0.1, -0.05) is 26.0 Å². The summed E-state index contributed by atoms with van der Waals surface area (Å²) in [5, 5.41) is 15.0. The molecule has 2 rings (SSSR count). The van der Waals surface area contributed by atoms with Gasteiger partial charge in [-0.15, -0.1) is 0 Å². The highest BCUT2D eigenvalue weighted by Crippen LogP contribution is 2.35. The zero-order valence-electron chi connectivity index (χ0n) is 13.8. The van der Waals surface area contributed by atoms with Gasteiger partial charge in [0.1, 0.15) is 5.76 Å². The minimum absolute atomic E-state index is 0.0697. The zero-order valence-corrected chi connectivity index (χ0v) is 14.6. The van der Waals surface area contributed by atoms with Crippen molar-refractivity contribution in [3.8, 4) is 0 Å². The number of nitrogens with zero attached hydrogens (tertiary/aromatic N) is 1. The number of hydrogen-bond acceptors (Lipinski definition) is 5. The van der Waals surface area contributed by atoms with E-state index in [1.165, 1.54) is 18.3 Å². The average Bonchev–Trinajstić information content (AvgIpc) is 2.44. The summed E-state index contributed by atoms with van der Waals surface area (Å²) < 4.78 is 22.4. The smallest absolute Gasteiger partial charge is 0.238 e. The van der Waals surface area contributed by atoms with Crippen molar-refractivity contribution in [2.45, 2.75) is 38.0 Å². The molecule has 0 aliphatic heterocycles. The van der Waals surface area contributed by atoms with Crippen LogP contribution < -0.4 is 5.14 Å². The molecule has 1 aliphatic rings. The summed E-state index contributed by atoms with van der Waals surface area (Å²) >= 11 is 0. The minimum atomic E-state index is -3.68. The SMILES string of the molecule is CC1(C)CC(=O)C(/C=N/CCc2ccc(S(N)(=O)=O)cc2)=C(O)C1. The quantitative estimate of drug-likeness (QED) is 0.793. The van der Waals surface area contributed by atoms with Crippen molar-refractivity contribution in [1.29, 1.82) is 0 Å². The number of hydrogen-bond donors (Lipinski definition) is 2. The second kappa shape index (κ2) is 6.86. The summed E-state index contributed by atoms with van der Waals surface area (Å²) in [5.41, 5.74) is 0.983. The predicted molar refractivity (Wildman–Crippen MR) is 92.6 cm³/mol. The number of sulfonamides is 1. The van der Waals surface area contributed by atoms with Gasteiger partial charge in [0.15, 0.2) is 5.78 Å². The van der Waals surface area contributed by atoms with Gasteiger partial charge in [0.25, 0.3) is 0 Å². The van der Waals surface area contributed by atoms with Crippen molar-refractivity contribution in [3.05, 3.63) is 41.2 Å². The van der Waals surface area contributed by atoms with Crippen molar-refractivity contribution < 1.29 is 18.3 Å². The first-order chi connectivity index (χ1) is 11.1. The van der Waals surface area contributed by atoms with Gasteiger partial charge in [0, 0.05) is 25.6 Å². The second-order valence-electron chi connectivity index (χ2n) is 6.78. The standard InChI is InChI=1S/C17H22N2O4S/c1-17(2)9-15(20)14(16(21)10-17)11-19-8-7-12-3-5-13(6-4-12)24(18,22)23/h3-6,11,20H,7-10H2,1-2H3,(H2,18,22,23)/b19-11+. The fourth-order valence-corrected chi connectivity index (χ4v) is 3.16. The number of benzene rings is 1. The highest BCUT2D eigenvalue weighted by molar-refractivity contribution is 7.89. The van der Waals surface area contributed by atoms with E-state index in [9.17, 15) is 18.3 Å². The van der Waals surface area contributed by atoms with Crippen molar-refractivity contribution in [2.75, 3.05) is 6.54 Å². The highest BCUT2D eigenvalue weighted by Gasteiger charge is 2.32. The molecule has 0 amide bonds. The number of aliphatic hydroxyl groups excluding tert-OH is 1. The van der Waals surface area contributed by atoms with Crippen LogP contribution in [0.25, 0.3) is 0 Å². The second-order valence-corrected chi connectivity index (χ2v) is 8.34. The lowest BCUT2D eigenvalue weighted by molar-refractivity contribution is -0.117. The van der Waals surface area contributed by atoms with Crippen LogP contribution in [0, 0.1) is 5.41 Å². The van der Waals surface area contributed by atoms with E-state index in [1.807, 2.05) is 13.8 Å². The van der Waals surface area contributed by atoms with Gasteiger partial charge in [-0.3, -0.25) is 9.79 Å².